The summed E-state index contributed by atoms with van der Waals surface area (Å²) < 4.78 is 5.01. The number of carbonyl (C=O) groups is 1. The van der Waals surface area contributed by atoms with Gasteiger partial charge in [-0.1, -0.05) is 13.8 Å². The number of halogens is 1. The first kappa shape index (κ1) is 14.7. The molecule has 0 aromatic heterocycles. The standard InChI is InChI=1S/C11H22ClNO2/c1-4-10(5-2)13(8-9-15-3)11(14)6-7-12/h10H,4-9H2,1-3H3. The molecule has 0 spiro atoms. The van der Waals surface area contributed by atoms with Crippen LogP contribution in [0.15, 0.2) is 0 Å². The Balaban J connectivity index is 4.33. The predicted molar refractivity (Wildman–Crippen MR) is 63.3 cm³/mol. The fraction of sp³-hybridized carbons (Fsp3) is 0.909. The molecule has 0 fully saturated rings. The Morgan fingerprint density at radius 1 is 1.40 bits per heavy atom. The predicted octanol–water partition coefficient (Wildman–Crippen LogP) is 2.28. The minimum absolute atomic E-state index is 0.135. The normalized spacial score (nSPS) is 10.7. The second-order valence-electron chi connectivity index (χ2n) is 3.49. The van der Waals surface area contributed by atoms with Crippen LogP contribution in [-0.4, -0.2) is 43.0 Å². The van der Waals surface area contributed by atoms with E-state index in [1.165, 1.54) is 0 Å². The topological polar surface area (TPSA) is 29.5 Å². The van der Waals surface area contributed by atoms with Crippen LogP contribution in [0.1, 0.15) is 33.1 Å². The number of carbonyl (C=O) groups excluding carboxylic acids is 1. The molecular formula is C11H22ClNO2. The molecule has 3 nitrogen and oxygen atoms in total. The van der Waals surface area contributed by atoms with Crippen molar-refractivity contribution in [3.8, 4) is 0 Å². The first-order chi connectivity index (χ1) is 7.21. The fourth-order valence-corrected chi connectivity index (χ4v) is 1.82. The highest BCUT2D eigenvalue weighted by atomic mass is 35.5. The number of hydrogen-bond donors (Lipinski definition) is 0. The maximum absolute atomic E-state index is 11.8. The zero-order valence-electron chi connectivity index (χ0n) is 9.96. The van der Waals surface area contributed by atoms with Crippen LogP contribution in [0, 0.1) is 0 Å². The van der Waals surface area contributed by atoms with E-state index >= 15 is 0 Å². The third kappa shape index (κ3) is 5.38. The maximum Gasteiger partial charge on any atom is 0.224 e. The van der Waals surface area contributed by atoms with Gasteiger partial charge >= 0.3 is 0 Å². The number of rotatable bonds is 8. The van der Waals surface area contributed by atoms with E-state index in [9.17, 15) is 4.79 Å². The van der Waals surface area contributed by atoms with Gasteiger partial charge in [0.05, 0.1) is 6.61 Å². The van der Waals surface area contributed by atoms with E-state index in [4.69, 9.17) is 16.3 Å². The second kappa shape index (κ2) is 8.98. The molecule has 0 aliphatic carbocycles. The molecule has 4 heteroatoms. The molecule has 90 valence electrons. The van der Waals surface area contributed by atoms with Gasteiger partial charge in [0.2, 0.25) is 5.91 Å². The lowest BCUT2D eigenvalue weighted by Gasteiger charge is -2.30. The largest absolute Gasteiger partial charge is 0.383 e. The molecule has 15 heavy (non-hydrogen) atoms. The first-order valence-corrected chi connectivity index (χ1v) is 6.09. The van der Waals surface area contributed by atoms with Gasteiger partial charge in [0.1, 0.15) is 0 Å². The van der Waals surface area contributed by atoms with Gasteiger partial charge in [0.15, 0.2) is 0 Å². The smallest absolute Gasteiger partial charge is 0.224 e. The van der Waals surface area contributed by atoms with Gasteiger partial charge in [0.25, 0.3) is 0 Å². The lowest BCUT2D eigenvalue weighted by molar-refractivity contribution is -0.134. The summed E-state index contributed by atoms with van der Waals surface area (Å²) in [6.07, 6.45) is 2.38. The van der Waals surface area contributed by atoms with Crippen molar-refractivity contribution in [3.63, 3.8) is 0 Å². The third-order valence-electron chi connectivity index (χ3n) is 2.55. The Labute approximate surface area is 97.7 Å². The van der Waals surface area contributed by atoms with Crippen LogP contribution in [0.3, 0.4) is 0 Å². The number of alkyl halides is 1. The van der Waals surface area contributed by atoms with Crippen LogP contribution in [-0.2, 0) is 9.53 Å². The number of nitrogens with zero attached hydrogens (tertiary/aromatic N) is 1. The molecule has 0 rings (SSSR count). The molecule has 0 aromatic carbocycles. The second-order valence-corrected chi connectivity index (χ2v) is 3.87. The molecule has 0 aliphatic rings. The molecular weight excluding hydrogens is 214 g/mol. The highest BCUT2D eigenvalue weighted by Crippen LogP contribution is 2.10. The molecule has 0 bridgehead atoms. The Hall–Kier alpha value is -0.280. The van der Waals surface area contributed by atoms with Crippen molar-refractivity contribution >= 4 is 17.5 Å². The van der Waals surface area contributed by atoms with Crippen LogP contribution in [0.25, 0.3) is 0 Å². The SMILES string of the molecule is CCC(CC)N(CCOC)C(=O)CCCl. The van der Waals surface area contributed by atoms with E-state index in [0.29, 0.717) is 31.5 Å². The zero-order chi connectivity index (χ0) is 11.7. The van der Waals surface area contributed by atoms with Gasteiger partial charge in [-0.05, 0) is 12.8 Å². The van der Waals surface area contributed by atoms with Crippen LogP contribution in [0.2, 0.25) is 0 Å². The highest BCUT2D eigenvalue weighted by Gasteiger charge is 2.19. The van der Waals surface area contributed by atoms with E-state index in [1.807, 2.05) is 4.90 Å². The van der Waals surface area contributed by atoms with Crippen LogP contribution >= 0.6 is 11.6 Å². The van der Waals surface area contributed by atoms with Gasteiger partial charge in [0, 0.05) is 32.0 Å². The van der Waals surface area contributed by atoms with Crippen molar-refractivity contribution in [2.75, 3.05) is 26.1 Å². The molecule has 1 amide bonds. The van der Waals surface area contributed by atoms with Crippen molar-refractivity contribution in [1.82, 2.24) is 4.90 Å². The summed E-state index contributed by atoms with van der Waals surface area (Å²) in [7, 11) is 1.65. The fourth-order valence-electron chi connectivity index (χ4n) is 1.65. The summed E-state index contributed by atoms with van der Waals surface area (Å²) in [5.41, 5.74) is 0. The summed E-state index contributed by atoms with van der Waals surface area (Å²) in [6.45, 7) is 5.45. The molecule has 0 saturated heterocycles. The van der Waals surface area contributed by atoms with E-state index in [2.05, 4.69) is 13.8 Å². The van der Waals surface area contributed by atoms with Crippen LogP contribution in [0.4, 0.5) is 0 Å². The monoisotopic (exact) mass is 235 g/mol. The van der Waals surface area contributed by atoms with Crippen molar-refractivity contribution in [1.29, 1.82) is 0 Å². The summed E-state index contributed by atoms with van der Waals surface area (Å²) >= 11 is 5.59. The maximum atomic E-state index is 11.8. The molecule has 0 heterocycles. The lowest BCUT2D eigenvalue weighted by Crippen LogP contribution is -2.41. The van der Waals surface area contributed by atoms with Gasteiger partial charge in [-0.2, -0.15) is 0 Å². The van der Waals surface area contributed by atoms with Gasteiger partial charge < -0.3 is 9.64 Å². The minimum Gasteiger partial charge on any atom is -0.383 e. The molecule has 0 N–H and O–H groups in total. The number of ether oxygens (including phenoxy) is 1. The van der Waals surface area contributed by atoms with E-state index in [-0.39, 0.29) is 5.91 Å². The Morgan fingerprint density at radius 2 is 2.00 bits per heavy atom. The van der Waals surface area contributed by atoms with Gasteiger partial charge in [-0.3, -0.25) is 4.79 Å². The number of amides is 1. The van der Waals surface area contributed by atoms with Crippen molar-refractivity contribution < 1.29 is 9.53 Å². The molecule has 0 atom stereocenters. The average molecular weight is 236 g/mol. The zero-order valence-corrected chi connectivity index (χ0v) is 10.7. The summed E-state index contributed by atoms with van der Waals surface area (Å²) in [4.78, 5) is 13.7. The Kier molecular flexibility index (Phi) is 8.82. The van der Waals surface area contributed by atoms with E-state index in [0.717, 1.165) is 12.8 Å². The quantitative estimate of drug-likeness (QED) is 0.604. The number of hydrogen-bond acceptors (Lipinski definition) is 2. The molecule has 0 aromatic rings. The summed E-state index contributed by atoms with van der Waals surface area (Å²) in [6, 6.07) is 0.316. The summed E-state index contributed by atoms with van der Waals surface area (Å²) in [5, 5.41) is 0. The van der Waals surface area contributed by atoms with Crippen LogP contribution in [0.5, 0.6) is 0 Å². The Bertz CT molecular complexity index is 172. The average Bonchev–Trinajstić information content (AvgIpc) is 2.24. The lowest BCUT2D eigenvalue weighted by atomic mass is 10.1. The number of methoxy groups -OCH3 is 1. The molecule has 0 aliphatic heterocycles. The first-order valence-electron chi connectivity index (χ1n) is 5.55. The van der Waals surface area contributed by atoms with Crippen molar-refractivity contribution in [2.24, 2.45) is 0 Å². The third-order valence-corrected chi connectivity index (χ3v) is 2.74. The Morgan fingerprint density at radius 3 is 2.40 bits per heavy atom. The van der Waals surface area contributed by atoms with Crippen molar-refractivity contribution in [3.05, 3.63) is 0 Å². The molecule has 0 saturated carbocycles. The van der Waals surface area contributed by atoms with Gasteiger partial charge in [-0.15, -0.1) is 11.6 Å². The van der Waals surface area contributed by atoms with Crippen molar-refractivity contribution in [2.45, 2.75) is 39.2 Å². The molecule has 0 unspecified atom stereocenters. The van der Waals surface area contributed by atoms with Crippen LogP contribution < -0.4 is 0 Å². The highest BCUT2D eigenvalue weighted by molar-refractivity contribution is 6.18. The van der Waals surface area contributed by atoms with E-state index in [1.54, 1.807) is 7.11 Å². The summed E-state index contributed by atoms with van der Waals surface area (Å²) in [5.74, 6) is 0.526. The molecule has 0 radical (unpaired) electrons. The van der Waals surface area contributed by atoms with E-state index < -0.39 is 0 Å². The van der Waals surface area contributed by atoms with Gasteiger partial charge in [-0.25, -0.2) is 0 Å². The minimum atomic E-state index is 0.135.